The van der Waals surface area contributed by atoms with Crippen molar-refractivity contribution >= 4 is 17.4 Å². The van der Waals surface area contributed by atoms with E-state index in [1.54, 1.807) is 4.90 Å². The van der Waals surface area contributed by atoms with E-state index in [0.29, 0.717) is 24.3 Å². The molecule has 6 heteroatoms. The summed E-state index contributed by atoms with van der Waals surface area (Å²) in [6.07, 6.45) is 1.96. The number of hydrogen-bond acceptors (Lipinski definition) is 2. The quantitative estimate of drug-likeness (QED) is 0.827. The molecule has 2 amide bonds. The zero-order chi connectivity index (χ0) is 16.4. The number of nitrogen functional groups attached to an aromatic ring is 1. The highest BCUT2D eigenvalue weighted by Crippen LogP contribution is 2.31. The zero-order valence-electron chi connectivity index (χ0n) is 12.5. The Morgan fingerprint density at radius 3 is 2.39 bits per heavy atom. The number of rotatable bonds is 2. The molecule has 2 aromatic rings. The maximum absolute atomic E-state index is 14.2. The summed E-state index contributed by atoms with van der Waals surface area (Å²) in [5, 5.41) is 2.72. The van der Waals surface area contributed by atoms with Crippen LogP contribution in [0.15, 0.2) is 36.4 Å². The fraction of sp³-hybridized carbons (Fsp3) is 0.235. The van der Waals surface area contributed by atoms with Gasteiger partial charge in [0.25, 0.3) is 0 Å². The molecular formula is C17H17F2N3O. The van der Waals surface area contributed by atoms with Crippen LogP contribution in [0.25, 0.3) is 11.1 Å². The maximum atomic E-state index is 14.2. The molecule has 0 spiro atoms. The van der Waals surface area contributed by atoms with Crippen LogP contribution < -0.4 is 11.1 Å². The van der Waals surface area contributed by atoms with E-state index in [4.69, 9.17) is 5.73 Å². The van der Waals surface area contributed by atoms with Gasteiger partial charge >= 0.3 is 6.03 Å². The molecule has 2 aromatic carbocycles. The van der Waals surface area contributed by atoms with Gasteiger partial charge in [0.15, 0.2) is 0 Å². The predicted molar refractivity (Wildman–Crippen MR) is 86.0 cm³/mol. The summed E-state index contributed by atoms with van der Waals surface area (Å²) >= 11 is 0. The van der Waals surface area contributed by atoms with E-state index < -0.39 is 11.6 Å². The van der Waals surface area contributed by atoms with Gasteiger partial charge in [-0.2, -0.15) is 0 Å². The lowest BCUT2D eigenvalue weighted by Gasteiger charge is -2.18. The summed E-state index contributed by atoms with van der Waals surface area (Å²) in [4.78, 5) is 13.9. The van der Waals surface area contributed by atoms with Crippen molar-refractivity contribution in [2.24, 2.45) is 0 Å². The molecule has 4 nitrogen and oxygen atoms in total. The Morgan fingerprint density at radius 2 is 1.74 bits per heavy atom. The van der Waals surface area contributed by atoms with Gasteiger partial charge in [-0.15, -0.1) is 0 Å². The van der Waals surface area contributed by atoms with Crippen molar-refractivity contribution in [3.63, 3.8) is 0 Å². The smallest absolute Gasteiger partial charge is 0.321 e. The molecule has 0 saturated carbocycles. The summed E-state index contributed by atoms with van der Waals surface area (Å²) in [6.45, 7) is 1.41. The van der Waals surface area contributed by atoms with Gasteiger partial charge in [-0.1, -0.05) is 12.1 Å². The van der Waals surface area contributed by atoms with Gasteiger partial charge in [0.2, 0.25) is 0 Å². The number of carbonyl (C=O) groups excluding carboxylic acids is 1. The van der Waals surface area contributed by atoms with Gasteiger partial charge in [0, 0.05) is 18.7 Å². The first-order chi connectivity index (χ1) is 11.0. The minimum Gasteiger partial charge on any atom is -0.397 e. The van der Waals surface area contributed by atoms with Crippen molar-refractivity contribution in [2.75, 3.05) is 24.1 Å². The van der Waals surface area contributed by atoms with Crippen LogP contribution in [0.3, 0.4) is 0 Å². The average molecular weight is 317 g/mol. The van der Waals surface area contributed by atoms with Crippen LogP contribution in [0.4, 0.5) is 25.0 Å². The topological polar surface area (TPSA) is 58.4 Å². The second-order valence-corrected chi connectivity index (χ2v) is 5.55. The van der Waals surface area contributed by atoms with E-state index in [1.807, 2.05) is 0 Å². The molecule has 23 heavy (non-hydrogen) atoms. The Kier molecular flexibility index (Phi) is 4.14. The molecule has 0 aromatic heterocycles. The third kappa shape index (κ3) is 3.26. The zero-order valence-corrected chi connectivity index (χ0v) is 12.5. The third-order valence-electron chi connectivity index (χ3n) is 3.93. The average Bonchev–Trinajstić information content (AvgIpc) is 3.05. The Hall–Kier alpha value is -2.63. The molecule has 0 atom stereocenters. The maximum Gasteiger partial charge on any atom is 0.321 e. The second kappa shape index (κ2) is 6.24. The van der Waals surface area contributed by atoms with Crippen LogP contribution in [0, 0.1) is 11.6 Å². The summed E-state index contributed by atoms with van der Waals surface area (Å²) in [7, 11) is 0. The van der Waals surface area contributed by atoms with Gasteiger partial charge in [-0.05, 0) is 42.7 Å². The van der Waals surface area contributed by atoms with E-state index in [9.17, 15) is 13.6 Å². The fourth-order valence-electron chi connectivity index (χ4n) is 2.66. The van der Waals surface area contributed by atoms with Gasteiger partial charge in [-0.25, -0.2) is 13.6 Å². The highest BCUT2D eigenvalue weighted by molar-refractivity contribution is 5.94. The van der Waals surface area contributed by atoms with E-state index >= 15 is 0 Å². The Morgan fingerprint density at radius 1 is 1.09 bits per heavy atom. The predicted octanol–water partition coefficient (Wildman–Crippen LogP) is 3.84. The SMILES string of the molecule is Nc1cc(F)c(-c2ccc(F)cc2)cc1NC(=O)N1CCCC1. The van der Waals surface area contributed by atoms with Crippen LogP contribution in [-0.2, 0) is 0 Å². The number of anilines is 2. The van der Waals surface area contributed by atoms with Crippen molar-refractivity contribution in [1.29, 1.82) is 0 Å². The Bertz CT molecular complexity index is 725. The standard InChI is InChI=1S/C17H17F2N3O/c18-12-5-3-11(4-6-12)13-9-16(15(20)10-14(13)19)21-17(23)22-7-1-2-8-22/h3-6,9-10H,1-2,7-8,20H2,(H,21,23). The number of carbonyl (C=O) groups is 1. The monoisotopic (exact) mass is 317 g/mol. The van der Waals surface area contributed by atoms with Crippen molar-refractivity contribution in [3.8, 4) is 11.1 Å². The van der Waals surface area contributed by atoms with Crippen LogP contribution in [0.5, 0.6) is 0 Å². The number of benzene rings is 2. The lowest BCUT2D eigenvalue weighted by molar-refractivity contribution is 0.222. The van der Waals surface area contributed by atoms with Crippen LogP contribution in [0.1, 0.15) is 12.8 Å². The van der Waals surface area contributed by atoms with Crippen LogP contribution in [0.2, 0.25) is 0 Å². The van der Waals surface area contributed by atoms with Crippen LogP contribution in [-0.4, -0.2) is 24.0 Å². The molecule has 1 aliphatic rings. The van der Waals surface area contributed by atoms with Crippen molar-refractivity contribution in [3.05, 3.63) is 48.0 Å². The molecule has 0 unspecified atom stereocenters. The highest BCUT2D eigenvalue weighted by Gasteiger charge is 2.19. The minimum atomic E-state index is -0.520. The molecule has 3 rings (SSSR count). The number of amides is 2. The molecule has 0 radical (unpaired) electrons. The van der Waals surface area contributed by atoms with E-state index in [0.717, 1.165) is 18.9 Å². The molecule has 0 bridgehead atoms. The minimum absolute atomic E-state index is 0.154. The summed E-state index contributed by atoms with van der Waals surface area (Å²) in [5.74, 6) is -0.916. The number of nitrogens with two attached hydrogens (primary N) is 1. The molecule has 3 N–H and O–H groups in total. The number of urea groups is 1. The van der Waals surface area contributed by atoms with Crippen molar-refractivity contribution < 1.29 is 13.6 Å². The Labute approximate surface area is 132 Å². The molecule has 1 aliphatic heterocycles. The lowest BCUT2D eigenvalue weighted by Crippen LogP contribution is -2.32. The summed E-state index contributed by atoms with van der Waals surface area (Å²) in [5.41, 5.74) is 7.08. The molecule has 0 aliphatic carbocycles. The number of hydrogen-bond donors (Lipinski definition) is 2. The number of halogens is 2. The molecule has 120 valence electrons. The normalized spacial score (nSPS) is 14.1. The summed E-state index contributed by atoms with van der Waals surface area (Å²) < 4.78 is 27.2. The van der Waals surface area contributed by atoms with Gasteiger partial charge in [0.1, 0.15) is 11.6 Å². The number of nitrogens with one attached hydrogen (secondary N) is 1. The van der Waals surface area contributed by atoms with Crippen molar-refractivity contribution in [2.45, 2.75) is 12.8 Å². The second-order valence-electron chi connectivity index (χ2n) is 5.55. The Balaban J connectivity index is 1.90. The van der Waals surface area contributed by atoms with Crippen molar-refractivity contribution in [1.82, 2.24) is 4.90 Å². The van der Waals surface area contributed by atoms with E-state index in [-0.39, 0.29) is 17.3 Å². The van der Waals surface area contributed by atoms with Crippen LogP contribution >= 0.6 is 0 Å². The van der Waals surface area contributed by atoms with E-state index in [1.165, 1.54) is 30.3 Å². The fourth-order valence-corrected chi connectivity index (χ4v) is 2.66. The summed E-state index contributed by atoms with van der Waals surface area (Å²) in [6, 6.07) is 7.88. The molecule has 1 saturated heterocycles. The first-order valence-electron chi connectivity index (χ1n) is 7.45. The highest BCUT2D eigenvalue weighted by atomic mass is 19.1. The van der Waals surface area contributed by atoms with E-state index in [2.05, 4.69) is 5.32 Å². The third-order valence-corrected chi connectivity index (χ3v) is 3.93. The molecular weight excluding hydrogens is 300 g/mol. The molecule has 1 fully saturated rings. The van der Waals surface area contributed by atoms with Gasteiger partial charge in [-0.3, -0.25) is 0 Å². The van der Waals surface area contributed by atoms with Gasteiger partial charge in [0.05, 0.1) is 11.4 Å². The first-order valence-corrected chi connectivity index (χ1v) is 7.45. The largest absolute Gasteiger partial charge is 0.397 e. The number of likely N-dealkylation sites (tertiary alicyclic amines) is 1. The lowest BCUT2D eigenvalue weighted by atomic mass is 10.0. The first kappa shape index (κ1) is 15.3. The van der Waals surface area contributed by atoms with Gasteiger partial charge < -0.3 is 16.0 Å². The number of nitrogens with zero attached hydrogens (tertiary/aromatic N) is 1. The molecule has 1 heterocycles.